The first-order chi connectivity index (χ1) is 6.50. The Hall–Kier alpha value is -1.29. The summed E-state index contributed by atoms with van der Waals surface area (Å²) in [7, 11) is 0. The van der Waals surface area contributed by atoms with Gasteiger partial charge in [-0.2, -0.15) is 0 Å². The minimum Gasteiger partial charge on any atom is -0.481 e. The molecule has 0 aliphatic rings. The van der Waals surface area contributed by atoms with Crippen molar-refractivity contribution in [3.63, 3.8) is 0 Å². The smallest absolute Gasteiger partial charge is 0.303 e. The number of hydrogen-bond acceptors (Lipinski definition) is 3. The summed E-state index contributed by atoms with van der Waals surface area (Å²) < 4.78 is 5.32. The molecule has 0 aliphatic heterocycles. The number of carbonyl (C=O) groups is 1. The molecular weight excluding hydrogens is 182 g/mol. The Morgan fingerprint density at radius 3 is 2.71 bits per heavy atom. The SMILES string of the molecule is Cc1cc(C(N)CCC(=O)O)c(C)o1. The van der Waals surface area contributed by atoms with Crippen LogP contribution in [0.15, 0.2) is 10.5 Å². The summed E-state index contributed by atoms with van der Waals surface area (Å²) in [6.45, 7) is 3.68. The highest BCUT2D eigenvalue weighted by Gasteiger charge is 2.13. The Morgan fingerprint density at radius 1 is 1.64 bits per heavy atom. The third kappa shape index (κ3) is 2.60. The summed E-state index contributed by atoms with van der Waals surface area (Å²) in [5.74, 6) is 0.766. The Labute approximate surface area is 82.7 Å². The van der Waals surface area contributed by atoms with Crippen LogP contribution in [0.1, 0.15) is 36.0 Å². The normalized spacial score (nSPS) is 12.8. The van der Waals surface area contributed by atoms with Crippen LogP contribution in [0, 0.1) is 13.8 Å². The Morgan fingerprint density at radius 2 is 2.29 bits per heavy atom. The van der Waals surface area contributed by atoms with Gasteiger partial charge in [-0.3, -0.25) is 4.79 Å². The van der Waals surface area contributed by atoms with Crippen LogP contribution in [-0.2, 0) is 4.79 Å². The van der Waals surface area contributed by atoms with Gasteiger partial charge in [-0.1, -0.05) is 0 Å². The van der Waals surface area contributed by atoms with Crippen molar-refractivity contribution in [2.24, 2.45) is 5.73 Å². The molecule has 4 nitrogen and oxygen atoms in total. The van der Waals surface area contributed by atoms with Gasteiger partial charge < -0.3 is 15.3 Å². The third-order valence-corrected chi connectivity index (χ3v) is 2.15. The molecule has 0 saturated carbocycles. The van der Waals surface area contributed by atoms with Crippen LogP contribution in [0.3, 0.4) is 0 Å². The molecule has 0 saturated heterocycles. The molecule has 1 unspecified atom stereocenters. The van der Waals surface area contributed by atoms with Crippen LogP contribution in [0.4, 0.5) is 0 Å². The summed E-state index contributed by atoms with van der Waals surface area (Å²) in [6.07, 6.45) is 0.528. The molecule has 1 aromatic heterocycles. The number of rotatable bonds is 4. The van der Waals surface area contributed by atoms with Gasteiger partial charge in [0.15, 0.2) is 0 Å². The second-order valence-corrected chi connectivity index (χ2v) is 3.41. The fraction of sp³-hybridized carbons (Fsp3) is 0.500. The summed E-state index contributed by atoms with van der Waals surface area (Å²) >= 11 is 0. The highest BCUT2D eigenvalue weighted by Crippen LogP contribution is 2.22. The van der Waals surface area contributed by atoms with E-state index in [4.69, 9.17) is 15.3 Å². The van der Waals surface area contributed by atoms with E-state index in [0.717, 1.165) is 17.1 Å². The summed E-state index contributed by atoms with van der Waals surface area (Å²) in [5, 5.41) is 8.50. The van der Waals surface area contributed by atoms with Crippen LogP contribution in [0.25, 0.3) is 0 Å². The lowest BCUT2D eigenvalue weighted by Crippen LogP contribution is -2.12. The first-order valence-corrected chi connectivity index (χ1v) is 4.55. The van der Waals surface area contributed by atoms with Crippen molar-refractivity contribution in [2.75, 3.05) is 0 Å². The average molecular weight is 197 g/mol. The first-order valence-electron chi connectivity index (χ1n) is 4.55. The highest BCUT2D eigenvalue weighted by molar-refractivity contribution is 5.66. The minimum absolute atomic E-state index is 0.0881. The lowest BCUT2D eigenvalue weighted by atomic mass is 10.0. The molecule has 1 rings (SSSR count). The first kappa shape index (κ1) is 10.8. The van der Waals surface area contributed by atoms with Crippen molar-refractivity contribution >= 4 is 5.97 Å². The Balaban J connectivity index is 2.64. The van der Waals surface area contributed by atoms with E-state index in [2.05, 4.69) is 0 Å². The fourth-order valence-corrected chi connectivity index (χ4v) is 1.45. The standard InChI is InChI=1S/C10H15NO3/c1-6-5-8(7(2)14-6)9(11)3-4-10(12)13/h5,9H,3-4,11H2,1-2H3,(H,12,13). The molecule has 0 bridgehead atoms. The van der Waals surface area contributed by atoms with E-state index in [-0.39, 0.29) is 12.5 Å². The molecule has 4 heteroatoms. The van der Waals surface area contributed by atoms with E-state index in [0.29, 0.717) is 6.42 Å². The molecule has 78 valence electrons. The monoisotopic (exact) mass is 197 g/mol. The molecule has 1 heterocycles. The van der Waals surface area contributed by atoms with Crippen molar-refractivity contribution < 1.29 is 14.3 Å². The van der Waals surface area contributed by atoms with Gasteiger partial charge in [-0.05, 0) is 26.3 Å². The van der Waals surface area contributed by atoms with Crippen LogP contribution >= 0.6 is 0 Å². The van der Waals surface area contributed by atoms with Crippen LogP contribution < -0.4 is 5.73 Å². The zero-order valence-corrected chi connectivity index (χ0v) is 8.41. The van der Waals surface area contributed by atoms with Crippen LogP contribution in [0.5, 0.6) is 0 Å². The lowest BCUT2D eigenvalue weighted by molar-refractivity contribution is -0.137. The van der Waals surface area contributed by atoms with Gasteiger partial charge in [-0.25, -0.2) is 0 Å². The Kier molecular flexibility index (Phi) is 3.30. The maximum atomic E-state index is 10.3. The number of hydrogen-bond donors (Lipinski definition) is 2. The summed E-state index contributed by atoms with van der Waals surface area (Å²) in [4.78, 5) is 10.3. The topological polar surface area (TPSA) is 76.5 Å². The van der Waals surface area contributed by atoms with Gasteiger partial charge in [0.2, 0.25) is 0 Å². The zero-order valence-electron chi connectivity index (χ0n) is 8.41. The number of furan rings is 1. The fourth-order valence-electron chi connectivity index (χ4n) is 1.45. The van der Waals surface area contributed by atoms with E-state index in [1.165, 1.54) is 0 Å². The molecule has 0 aromatic carbocycles. The van der Waals surface area contributed by atoms with E-state index >= 15 is 0 Å². The number of nitrogens with two attached hydrogens (primary N) is 1. The summed E-state index contributed by atoms with van der Waals surface area (Å²) in [6, 6.07) is 1.62. The van der Waals surface area contributed by atoms with Crippen molar-refractivity contribution in [2.45, 2.75) is 32.7 Å². The van der Waals surface area contributed by atoms with Crippen molar-refractivity contribution in [1.82, 2.24) is 0 Å². The molecule has 0 fully saturated rings. The molecule has 14 heavy (non-hydrogen) atoms. The largest absolute Gasteiger partial charge is 0.481 e. The molecule has 0 spiro atoms. The molecule has 3 N–H and O–H groups in total. The average Bonchev–Trinajstić information content (AvgIpc) is 2.41. The molecule has 0 amide bonds. The molecular formula is C10H15NO3. The second-order valence-electron chi connectivity index (χ2n) is 3.41. The molecule has 1 atom stereocenters. The van der Waals surface area contributed by atoms with E-state index in [1.807, 2.05) is 19.9 Å². The van der Waals surface area contributed by atoms with Crippen LogP contribution in [-0.4, -0.2) is 11.1 Å². The van der Waals surface area contributed by atoms with Gasteiger partial charge in [0, 0.05) is 18.0 Å². The van der Waals surface area contributed by atoms with Crippen LogP contribution in [0.2, 0.25) is 0 Å². The van der Waals surface area contributed by atoms with Crippen molar-refractivity contribution in [3.05, 3.63) is 23.2 Å². The van der Waals surface area contributed by atoms with E-state index in [1.54, 1.807) is 0 Å². The van der Waals surface area contributed by atoms with Gasteiger partial charge in [0.1, 0.15) is 11.5 Å². The van der Waals surface area contributed by atoms with Gasteiger partial charge in [-0.15, -0.1) is 0 Å². The Bertz CT molecular complexity index is 330. The molecule has 1 aromatic rings. The van der Waals surface area contributed by atoms with Gasteiger partial charge in [0.25, 0.3) is 0 Å². The molecule has 0 radical (unpaired) electrons. The highest BCUT2D eigenvalue weighted by atomic mass is 16.4. The van der Waals surface area contributed by atoms with Gasteiger partial charge in [0.05, 0.1) is 0 Å². The number of carboxylic acid groups (broad SMARTS) is 1. The third-order valence-electron chi connectivity index (χ3n) is 2.15. The summed E-state index contributed by atoms with van der Waals surface area (Å²) in [5.41, 5.74) is 6.74. The minimum atomic E-state index is -0.821. The van der Waals surface area contributed by atoms with Crippen molar-refractivity contribution in [1.29, 1.82) is 0 Å². The maximum Gasteiger partial charge on any atom is 0.303 e. The number of carboxylic acids is 1. The predicted octanol–water partition coefficient (Wildman–Crippen LogP) is 1.76. The number of aryl methyl sites for hydroxylation is 2. The number of aliphatic carboxylic acids is 1. The van der Waals surface area contributed by atoms with E-state index in [9.17, 15) is 4.79 Å². The predicted molar refractivity (Wildman–Crippen MR) is 52.0 cm³/mol. The van der Waals surface area contributed by atoms with Crippen molar-refractivity contribution in [3.8, 4) is 0 Å². The lowest BCUT2D eigenvalue weighted by Gasteiger charge is -2.08. The maximum absolute atomic E-state index is 10.3. The molecule has 0 aliphatic carbocycles. The van der Waals surface area contributed by atoms with Gasteiger partial charge >= 0.3 is 5.97 Å². The second kappa shape index (κ2) is 4.28. The zero-order chi connectivity index (χ0) is 10.7. The quantitative estimate of drug-likeness (QED) is 0.771. The van der Waals surface area contributed by atoms with E-state index < -0.39 is 5.97 Å².